The molecule has 10 heavy (non-hydrogen) atoms. The molecular weight excluding hydrogens is 124 g/mol. The Morgan fingerprint density at radius 2 is 2.30 bits per heavy atom. The van der Waals surface area contributed by atoms with Gasteiger partial charge in [0.25, 0.3) is 0 Å². The maximum Gasteiger partial charge on any atom is 0.0781 e. The molecule has 1 heteroatoms. The van der Waals surface area contributed by atoms with Gasteiger partial charge in [0.15, 0.2) is 0 Å². The Balaban J connectivity index is 2.53. The van der Waals surface area contributed by atoms with Crippen LogP contribution in [0.15, 0.2) is 11.6 Å². The van der Waals surface area contributed by atoms with Crippen molar-refractivity contribution >= 4 is 0 Å². The Morgan fingerprint density at radius 3 is 2.70 bits per heavy atom. The van der Waals surface area contributed by atoms with Gasteiger partial charge in [-0.3, -0.25) is 0 Å². The molecule has 0 fully saturated rings. The van der Waals surface area contributed by atoms with Gasteiger partial charge >= 0.3 is 0 Å². The lowest BCUT2D eigenvalue weighted by atomic mass is 10.0. The van der Waals surface area contributed by atoms with Crippen LogP contribution in [-0.4, -0.2) is 12.7 Å². The van der Waals surface area contributed by atoms with Gasteiger partial charge in [-0.2, -0.15) is 0 Å². The monoisotopic (exact) mass is 140 g/mol. The van der Waals surface area contributed by atoms with Crippen LogP contribution in [0.25, 0.3) is 0 Å². The molecule has 0 aliphatic carbocycles. The predicted molar refractivity (Wildman–Crippen MR) is 43.0 cm³/mol. The number of hydrogen-bond acceptors (Lipinski definition) is 1. The molecule has 0 aromatic heterocycles. The van der Waals surface area contributed by atoms with Gasteiger partial charge in [0.2, 0.25) is 0 Å². The lowest BCUT2D eigenvalue weighted by Crippen LogP contribution is -2.21. The van der Waals surface area contributed by atoms with Crippen LogP contribution in [0.5, 0.6) is 0 Å². The highest BCUT2D eigenvalue weighted by molar-refractivity contribution is 5.05. The van der Waals surface area contributed by atoms with Crippen LogP contribution in [0, 0.1) is 5.92 Å². The molecule has 58 valence electrons. The van der Waals surface area contributed by atoms with E-state index in [0.717, 1.165) is 13.0 Å². The summed E-state index contributed by atoms with van der Waals surface area (Å²) in [5, 5.41) is 0. The molecule has 0 N–H and O–H groups in total. The van der Waals surface area contributed by atoms with Crippen molar-refractivity contribution in [1.29, 1.82) is 0 Å². The molecule has 1 aliphatic heterocycles. The van der Waals surface area contributed by atoms with Crippen molar-refractivity contribution in [3.05, 3.63) is 11.6 Å². The van der Waals surface area contributed by atoms with Crippen LogP contribution >= 0.6 is 0 Å². The summed E-state index contributed by atoms with van der Waals surface area (Å²) in [5.41, 5.74) is 1.48. The second-order valence-electron chi connectivity index (χ2n) is 3.34. The van der Waals surface area contributed by atoms with E-state index in [0.29, 0.717) is 12.0 Å². The molecule has 1 atom stereocenters. The zero-order valence-corrected chi connectivity index (χ0v) is 7.05. The summed E-state index contributed by atoms with van der Waals surface area (Å²) in [6.07, 6.45) is 3.73. The Labute approximate surface area is 63.1 Å². The minimum atomic E-state index is 0.369. The predicted octanol–water partition coefficient (Wildman–Crippen LogP) is 2.38. The van der Waals surface area contributed by atoms with Crippen LogP contribution in [0.4, 0.5) is 0 Å². The summed E-state index contributed by atoms with van der Waals surface area (Å²) in [5.74, 6) is 0.621. The molecule has 0 aromatic rings. The molecule has 1 aliphatic rings. The second-order valence-corrected chi connectivity index (χ2v) is 3.34. The lowest BCUT2D eigenvalue weighted by molar-refractivity contribution is 0.0473. The minimum Gasteiger partial charge on any atom is -0.374 e. The van der Waals surface area contributed by atoms with E-state index < -0.39 is 0 Å². The molecule has 1 heterocycles. The van der Waals surface area contributed by atoms with Gasteiger partial charge in [0.1, 0.15) is 0 Å². The van der Waals surface area contributed by atoms with E-state index in [1.807, 2.05) is 0 Å². The molecular formula is C9H16O. The van der Waals surface area contributed by atoms with Gasteiger partial charge in [-0.15, -0.1) is 0 Å². The Morgan fingerprint density at radius 1 is 1.60 bits per heavy atom. The quantitative estimate of drug-likeness (QED) is 0.508. The highest BCUT2D eigenvalue weighted by Crippen LogP contribution is 2.17. The van der Waals surface area contributed by atoms with Gasteiger partial charge in [-0.1, -0.05) is 25.5 Å². The Bertz CT molecular complexity index is 136. The third kappa shape index (κ3) is 1.84. The van der Waals surface area contributed by atoms with Crippen LogP contribution in [0.2, 0.25) is 0 Å². The van der Waals surface area contributed by atoms with E-state index in [1.165, 1.54) is 5.57 Å². The second kappa shape index (κ2) is 3.20. The van der Waals surface area contributed by atoms with Crippen LogP contribution < -0.4 is 0 Å². The summed E-state index contributed by atoms with van der Waals surface area (Å²) >= 11 is 0. The summed E-state index contributed by atoms with van der Waals surface area (Å²) < 4.78 is 5.53. The van der Waals surface area contributed by atoms with E-state index >= 15 is 0 Å². The fourth-order valence-corrected chi connectivity index (χ4v) is 1.15. The van der Waals surface area contributed by atoms with Crippen LogP contribution in [0.3, 0.4) is 0 Å². The van der Waals surface area contributed by atoms with Crippen molar-refractivity contribution < 1.29 is 4.74 Å². The fourth-order valence-electron chi connectivity index (χ4n) is 1.15. The van der Waals surface area contributed by atoms with Gasteiger partial charge in [0.05, 0.1) is 12.7 Å². The first-order valence-electron chi connectivity index (χ1n) is 3.99. The molecule has 0 bridgehead atoms. The van der Waals surface area contributed by atoms with E-state index in [2.05, 4.69) is 26.8 Å². The average molecular weight is 140 g/mol. The SMILES string of the molecule is CC1=CC(C(C)C)OCC1. The smallest absolute Gasteiger partial charge is 0.0781 e. The normalized spacial score (nSPS) is 26.8. The van der Waals surface area contributed by atoms with E-state index in [-0.39, 0.29) is 0 Å². The summed E-state index contributed by atoms with van der Waals surface area (Å²) in [4.78, 5) is 0. The third-order valence-corrected chi connectivity index (χ3v) is 1.91. The van der Waals surface area contributed by atoms with Crippen molar-refractivity contribution in [2.24, 2.45) is 5.92 Å². The first kappa shape index (κ1) is 7.80. The molecule has 1 rings (SSSR count). The van der Waals surface area contributed by atoms with Gasteiger partial charge in [0, 0.05) is 0 Å². The summed E-state index contributed by atoms with van der Waals surface area (Å²) in [6.45, 7) is 7.47. The fraction of sp³-hybridized carbons (Fsp3) is 0.778. The van der Waals surface area contributed by atoms with Crippen LogP contribution in [-0.2, 0) is 4.74 Å². The van der Waals surface area contributed by atoms with E-state index in [9.17, 15) is 0 Å². The minimum absolute atomic E-state index is 0.369. The zero-order chi connectivity index (χ0) is 7.56. The van der Waals surface area contributed by atoms with Gasteiger partial charge in [-0.05, 0) is 19.3 Å². The molecule has 0 spiro atoms. The molecule has 0 radical (unpaired) electrons. The maximum absolute atomic E-state index is 5.53. The number of hydrogen-bond donors (Lipinski definition) is 0. The summed E-state index contributed by atoms with van der Waals surface area (Å²) in [6, 6.07) is 0. The average Bonchev–Trinajstić information content (AvgIpc) is 1.88. The topological polar surface area (TPSA) is 9.23 Å². The molecule has 1 nitrogen and oxygen atoms in total. The highest BCUT2D eigenvalue weighted by Gasteiger charge is 2.14. The van der Waals surface area contributed by atoms with Crippen molar-refractivity contribution in [1.82, 2.24) is 0 Å². The van der Waals surface area contributed by atoms with E-state index in [1.54, 1.807) is 0 Å². The molecule has 0 aromatic carbocycles. The van der Waals surface area contributed by atoms with Gasteiger partial charge < -0.3 is 4.74 Å². The highest BCUT2D eigenvalue weighted by atomic mass is 16.5. The molecule has 0 saturated heterocycles. The van der Waals surface area contributed by atoms with Crippen molar-refractivity contribution in [2.45, 2.75) is 33.3 Å². The third-order valence-electron chi connectivity index (χ3n) is 1.91. The standard InChI is InChI=1S/C9H16O/c1-7(2)9-6-8(3)4-5-10-9/h6-7,9H,4-5H2,1-3H3. The zero-order valence-electron chi connectivity index (χ0n) is 7.05. The molecule has 1 unspecified atom stereocenters. The number of rotatable bonds is 1. The lowest BCUT2D eigenvalue weighted by Gasteiger charge is -2.23. The molecule has 0 saturated carbocycles. The Hall–Kier alpha value is -0.300. The largest absolute Gasteiger partial charge is 0.374 e. The van der Waals surface area contributed by atoms with Gasteiger partial charge in [-0.25, -0.2) is 0 Å². The summed E-state index contributed by atoms with van der Waals surface area (Å²) in [7, 11) is 0. The first-order chi connectivity index (χ1) is 4.70. The number of ether oxygens (including phenoxy) is 1. The van der Waals surface area contributed by atoms with Crippen molar-refractivity contribution in [3.8, 4) is 0 Å². The van der Waals surface area contributed by atoms with E-state index in [4.69, 9.17) is 4.74 Å². The maximum atomic E-state index is 5.53. The van der Waals surface area contributed by atoms with Crippen molar-refractivity contribution in [3.63, 3.8) is 0 Å². The Kier molecular flexibility index (Phi) is 2.50. The van der Waals surface area contributed by atoms with Crippen molar-refractivity contribution in [2.75, 3.05) is 6.61 Å². The first-order valence-corrected chi connectivity index (χ1v) is 3.99. The molecule has 0 amide bonds. The van der Waals surface area contributed by atoms with Crippen LogP contribution in [0.1, 0.15) is 27.2 Å².